The van der Waals surface area contributed by atoms with Crippen molar-refractivity contribution in [3.63, 3.8) is 0 Å². The molecule has 1 aliphatic rings. The minimum Gasteiger partial charge on any atom is -0.494 e. The molecule has 1 unspecified atom stereocenters. The summed E-state index contributed by atoms with van der Waals surface area (Å²) < 4.78 is 24.1. The molecular weight excluding hydrogens is 269 g/mol. The third-order valence-corrected chi connectivity index (χ3v) is 3.79. The lowest BCUT2D eigenvalue weighted by Gasteiger charge is -2.26. The lowest BCUT2D eigenvalue weighted by molar-refractivity contribution is 0.270. The molecule has 21 heavy (non-hydrogen) atoms. The highest BCUT2D eigenvalue weighted by molar-refractivity contribution is 5.56. The molecule has 0 saturated carbocycles. The molecule has 110 valence electrons. The molecule has 0 aromatic heterocycles. The van der Waals surface area contributed by atoms with Crippen LogP contribution in [-0.2, 0) is 0 Å². The van der Waals surface area contributed by atoms with E-state index in [1.807, 2.05) is 18.2 Å². The van der Waals surface area contributed by atoms with E-state index in [-0.39, 0.29) is 5.82 Å². The third-order valence-electron chi connectivity index (χ3n) is 3.79. The van der Waals surface area contributed by atoms with Gasteiger partial charge in [-0.25, -0.2) is 4.39 Å². The molecular formula is C17H18FNO2. The second-order valence-electron chi connectivity index (χ2n) is 5.10. The van der Waals surface area contributed by atoms with Crippen LogP contribution in [0.5, 0.6) is 11.5 Å². The van der Waals surface area contributed by atoms with Gasteiger partial charge in [0.05, 0.1) is 19.4 Å². The van der Waals surface area contributed by atoms with Gasteiger partial charge in [0.15, 0.2) is 0 Å². The molecule has 2 aromatic rings. The predicted octanol–water partition coefficient (Wildman–Crippen LogP) is 3.81. The van der Waals surface area contributed by atoms with Gasteiger partial charge in [0, 0.05) is 18.5 Å². The van der Waals surface area contributed by atoms with Gasteiger partial charge in [0.1, 0.15) is 17.3 Å². The van der Waals surface area contributed by atoms with Crippen molar-refractivity contribution in [1.82, 2.24) is 0 Å². The minimum atomic E-state index is -0.297. The van der Waals surface area contributed by atoms with E-state index in [2.05, 4.69) is 11.4 Å². The lowest BCUT2D eigenvalue weighted by atomic mass is 9.93. The first-order valence-corrected chi connectivity index (χ1v) is 7.07. The second-order valence-corrected chi connectivity index (χ2v) is 5.10. The Kier molecular flexibility index (Phi) is 3.95. The molecule has 0 radical (unpaired) electrons. The van der Waals surface area contributed by atoms with Crippen molar-refractivity contribution in [2.24, 2.45) is 0 Å². The van der Waals surface area contributed by atoms with Gasteiger partial charge < -0.3 is 14.8 Å². The number of rotatable bonds is 4. The minimum absolute atomic E-state index is 0.297. The van der Waals surface area contributed by atoms with Crippen molar-refractivity contribution < 1.29 is 13.9 Å². The number of benzene rings is 2. The highest BCUT2D eigenvalue weighted by Gasteiger charge is 2.21. The summed E-state index contributed by atoms with van der Waals surface area (Å²) in [6.07, 6.45) is 0.966. The van der Waals surface area contributed by atoms with Crippen LogP contribution in [0.3, 0.4) is 0 Å². The molecule has 1 aliphatic heterocycles. The highest BCUT2D eigenvalue weighted by atomic mass is 19.1. The number of methoxy groups -OCH3 is 1. The van der Waals surface area contributed by atoms with Crippen LogP contribution in [0.1, 0.15) is 17.9 Å². The lowest BCUT2D eigenvalue weighted by Crippen LogP contribution is -2.20. The molecule has 1 N–H and O–H groups in total. The monoisotopic (exact) mass is 287 g/mol. The molecule has 3 nitrogen and oxygen atoms in total. The quantitative estimate of drug-likeness (QED) is 0.927. The molecule has 0 aliphatic carbocycles. The molecule has 4 heteroatoms. The highest BCUT2D eigenvalue weighted by Crippen LogP contribution is 2.34. The van der Waals surface area contributed by atoms with Gasteiger partial charge in [0.2, 0.25) is 0 Å². The van der Waals surface area contributed by atoms with Gasteiger partial charge >= 0.3 is 0 Å². The summed E-state index contributed by atoms with van der Waals surface area (Å²) in [5.74, 6) is 1.57. The molecule has 2 aromatic carbocycles. The average molecular weight is 287 g/mol. The van der Waals surface area contributed by atoms with Crippen molar-refractivity contribution in [3.05, 3.63) is 53.8 Å². The van der Waals surface area contributed by atoms with Crippen molar-refractivity contribution in [3.8, 4) is 11.5 Å². The summed E-state index contributed by atoms with van der Waals surface area (Å²) in [5.41, 5.74) is 2.03. The van der Waals surface area contributed by atoms with Gasteiger partial charge in [-0.2, -0.15) is 0 Å². The summed E-state index contributed by atoms with van der Waals surface area (Å²) in [6, 6.07) is 12.6. The van der Waals surface area contributed by atoms with Crippen LogP contribution in [0.25, 0.3) is 0 Å². The molecule has 0 spiro atoms. The second kappa shape index (κ2) is 6.04. The van der Waals surface area contributed by atoms with Crippen LogP contribution in [0.15, 0.2) is 42.5 Å². The largest absolute Gasteiger partial charge is 0.494 e. The van der Waals surface area contributed by atoms with Gasteiger partial charge in [-0.3, -0.25) is 0 Å². The first-order chi connectivity index (χ1) is 10.3. The van der Waals surface area contributed by atoms with Crippen LogP contribution < -0.4 is 14.8 Å². The maximum atomic E-state index is 13.2. The van der Waals surface area contributed by atoms with Gasteiger partial charge in [-0.1, -0.05) is 18.2 Å². The van der Waals surface area contributed by atoms with E-state index in [4.69, 9.17) is 9.47 Å². The number of anilines is 1. The molecule has 0 saturated heterocycles. The van der Waals surface area contributed by atoms with Gasteiger partial charge in [-0.05, 0) is 30.2 Å². The van der Waals surface area contributed by atoms with E-state index in [1.165, 1.54) is 17.7 Å². The van der Waals surface area contributed by atoms with Crippen LogP contribution in [0.4, 0.5) is 10.1 Å². The number of hydrogen-bond donors (Lipinski definition) is 1. The Morgan fingerprint density at radius 3 is 3.00 bits per heavy atom. The molecule has 0 amide bonds. The van der Waals surface area contributed by atoms with Crippen LogP contribution >= 0.6 is 0 Å². The normalized spacial score (nSPS) is 16.8. The van der Waals surface area contributed by atoms with E-state index < -0.39 is 0 Å². The van der Waals surface area contributed by atoms with Crippen LogP contribution in [0.2, 0.25) is 0 Å². The first kappa shape index (κ1) is 13.7. The van der Waals surface area contributed by atoms with E-state index in [0.717, 1.165) is 31.0 Å². The molecule has 1 atom stereocenters. The Balaban J connectivity index is 1.74. The van der Waals surface area contributed by atoms with Crippen LogP contribution in [-0.4, -0.2) is 20.3 Å². The summed E-state index contributed by atoms with van der Waals surface area (Å²) in [6.45, 7) is 1.49. The predicted molar refractivity (Wildman–Crippen MR) is 80.7 cm³/mol. The van der Waals surface area contributed by atoms with Crippen molar-refractivity contribution in [2.45, 2.75) is 12.3 Å². The summed E-state index contributed by atoms with van der Waals surface area (Å²) >= 11 is 0. The number of fused-ring (bicyclic) bond motifs is 1. The fourth-order valence-corrected chi connectivity index (χ4v) is 2.67. The van der Waals surface area contributed by atoms with E-state index >= 15 is 0 Å². The fourth-order valence-electron chi connectivity index (χ4n) is 2.67. The molecule has 0 fully saturated rings. The van der Waals surface area contributed by atoms with Gasteiger partial charge in [0.25, 0.3) is 0 Å². The third kappa shape index (κ3) is 2.94. The summed E-state index contributed by atoms with van der Waals surface area (Å²) in [5, 5.41) is 3.35. The number of nitrogens with one attached hydrogen (secondary N) is 1. The summed E-state index contributed by atoms with van der Waals surface area (Å²) in [7, 11) is 1.55. The maximum absolute atomic E-state index is 13.2. The SMILES string of the molecule is COc1cc(F)ccc1NCC1CCOc2ccccc21. The Labute approximate surface area is 123 Å². The number of para-hydroxylation sites is 1. The molecule has 3 rings (SSSR count). The Morgan fingerprint density at radius 2 is 2.14 bits per heavy atom. The molecule has 0 bridgehead atoms. The standard InChI is InChI=1S/C17H18FNO2/c1-20-17-10-13(18)6-7-15(17)19-11-12-8-9-21-16-5-3-2-4-14(12)16/h2-7,10,12,19H,8-9,11H2,1H3. The van der Waals surface area contributed by atoms with E-state index in [9.17, 15) is 4.39 Å². The Hall–Kier alpha value is -2.23. The zero-order valence-electron chi connectivity index (χ0n) is 11.9. The Morgan fingerprint density at radius 1 is 1.29 bits per heavy atom. The van der Waals surface area contributed by atoms with Gasteiger partial charge in [-0.15, -0.1) is 0 Å². The number of halogens is 1. The van der Waals surface area contributed by atoms with Crippen LogP contribution in [0, 0.1) is 5.82 Å². The molecule has 1 heterocycles. The zero-order chi connectivity index (χ0) is 14.7. The number of ether oxygens (including phenoxy) is 2. The average Bonchev–Trinajstić information content (AvgIpc) is 2.53. The van der Waals surface area contributed by atoms with E-state index in [1.54, 1.807) is 13.2 Å². The Bertz CT molecular complexity index is 630. The number of hydrogen-bond acceptors (Lipinski definition) is 3. The maximum Gasteiger partial charge on any atom is 0.144 e. The topological polar surface area (TPSA) is 30.5 Å². The summed E-state index contributed by atoms with van der Waals surface area (Å²) in [4.78, 5) is 0. The first-order valence-electron chi connectivity index (χ1n) is 7.07. The smallest absolute Gasteiger partial charge is 0.144 e. The van der Waals surface area contributed by atoms with Crippen molar-refractivity contribution in [2.75, 3.05) is 25.6 Å². The van der Waals surface area contributed by atoms with Crippen molar-refractivity contribution >= 4 is 5.69 Å². The fraction of sp³-hybridized carbons (Fsp3) is 0.294. The van der Waals surface area contributed by atoms with Crippen molar-refractivity contribution in [1.29, 1.82) is 0 Å². The van der Waals surface area contributed by atoms with E-state index in [0.29, 0.717) is 11.7 Å². The zero-order valence-corrected chi connectivity index (χ0v) is 11.9.